The van der Waals surface area contributed by atoms with Crippen LogP contribution in [0.15, 0.2) is 23.3 Å². The zero-order valence-electron chi connectivity index (χ0n) is 14.8. The Morgan fingerprint density at radius 1 is 1.09 bits per heavy atom. The molecule has 124 valence electrons. The fourth-order valence-electron chi connectivity index (χ4n) is 6.70. The Morgan fingerprint density at radius 2 is 1.83 bits per heavy atom. The smallest absolute Gasteiger partial charge is 0.178 e. The largest absolute Gasteiger partial charge is 0.299 e. The third-order valence-corrected chi connectivity index (χ3v) is 8.14. The molecule has 0 heterocycles. The van der Waals surface area contributed by atoms with Crippen LogP contribution in [0.4, 0.5) is 0 Å². The Labute approximate surface area is 139 Å². The van der Waals surface area contributed by atoms with Gasteiger partial charge in [0.25, 0.3) is 0 Å². The van der Waals surface area contributed by atoms with Crippen LogP contribution in [-0.2, 0) is 9.59 Å². The van der Waals surface area contributed by atoms with Crippen LogP contribution in [0, 0.1) is 34.5 Å². The first kappa shape index (κ1) is 15.4. The van der Waals surface area contributed by atoms with Crippen molar-refractivity contribution < 1.29 is 9.59 Å². The van der Waals surface area contributed by atoms with Gasteiger partial charge < -0.3 is 0 Å². The molecule has 0 aromatic heterocycles. The molecular formula is C21H28O2. The summed E-state index contributed by atoms with van der Waals surface area (Å²) in [6, 6.07) is 0. The van der Waals surface area contributed by atoms with Gasteiger partial charge in [-0.1, -0.05) is 31.9 Å². The zero-order chi connectivity index (χ0) is 16.6. The van der Waals surface area contributed by atoms with Crippen molar-refractivity contribution in [3.63, 3.8) is 0 Å². The minimum absolute atomic E-state index is 0.0397. The molecule has 0 radical (unpaired) electrons. The van der Waals surface area contributed by atoms with Crippen LogP contribution in [0.25, 0.3) is 0 Å². The van der Waals surface area contributed by atoms with Crippen LogP contribution < -0.4 is 0 Å². The van der Waals surface area contributed by atoms with Gasteiger partial charge in [-0.2, -0.15) is 0 Å². The molecule has 0 saturated heterocycles. The van der Waals surface area contributed by atoms with E-state index < -0.39 is 0 Å². The number of allylic oxidation sites excluding steroid dienone is 4. The number of hydrogen-bond acceptors (Lipinski definition) is 2. The van der Waals surface area contributed by atoms with E-state index in [-0.39, 0.29) is 16.6 Å². The number of rotatable bonds is 0. The third-order valence-electron chi connectivity index (χ3n) is 8.14. The van der Waals surface area contributed by atoms with E-state index in [1.807, 2.05) is 12.2 Å². The summed E-state index contributed by atoms with van der Waals surface area (Å²) in [5.74, 6) is 3.01. The molecule has 0 aromatic rings. The molecule has 4 aliphatic carbocycles. The van der Waals surface area contributed by atoms with Gasteiger partial charge in [0.15, 0.2) is 5.78 Å². The van der Waals surface area contributed by atoms with E-state index >= 15 is 0 Å². The number of ketones is 2. The summed E-state index contributed by atoms with van der Waals surface area (Å²) in [7, 11) is 0. The summed E-state index contributed by atoms with van der Waals surface area (Å²) in [5.41, 5.74) is 2.56. The van der Waals surface area contributed by atoms with Crippen LogP contribution in [-0.4, -0.2) is 11.6 Å². The van der Waals surface area contributed by atoms with Crippen molar-refractivity contribution >= 4 is 11.6 Å². The molecule has 0 unspecified atom stereocenters. The fourth-order valence-corrected chi connectivity index (χ4v) is 6.70. The van der Waals surface area contributed by atoms with Gasteiger partial charge in [0, 0.05) is 17.3 Å². The lowest BCUT2D eigenvalue weighted by Crippen LogP contribution is -2.53. The lowest BCUT2D eigenvalue weighted by molar-refractivity contribution is -0.133. The third kappa shape index (κ3) is 1.81. The van der Waals surface area contributed by atoms with E-state index in [4.69, 9.17) is 0 Å². The first-order valence-corrected chi connectivity index (χ1v) is 9.25. The second-order valence-electron chi connectivity index (χ2n) is 8.99. The monoisotopic (exact) mass is 312 g/mol. The molecule has 23 heavy (non-hydrogen) atoms. The normalized spacial score (nSPS) is 49.0. The van der Waals surface area contributed by atoms with Crippen molar-refractivity contribution in [2.45, 2.75) is 59.8 Å². The van der Waals surface area contributed by atoms with Crippen LogP contribution in [0.2, 0.25) is 0 Å². The molecule has 0 aliphatic heterocycles. The average molecular weight is 312 g/mol. The molecule has 4 rings (SSSR count). The lowest BCUT2D eigenvalue weighted by atomic mass is 9.45. The van der Waals surface area contributed by atoms with Gasteiger partial charge in [-0.25, -0.2) is 0 Å². The standard InChI is InChI=1S/C21H28O2/c1-12-9-14-11-15(22)10-13(2)21(14,4)17-7-8-20(3)16(19(12)17)5-6-18(20)23/h10-12,16-17,19H,5-9H2,1-4H3/t12-,16+,17+,19+,20+,21+/m1/s1. The van der Waals surface area contributed by atoms with Gasteiger partial charge in [-0.05, 0) is 68.4 Å². The van der Waals surface area contributed by atoms with Gasteiger partial charge in [-0.3, -0.25) is 9.59 Å². The minimum atomic E-state index is -0.0743. The predicted molar refractivity (Wildman–Crippen MR) is 90.8 cm³/mol. The minimum Gasteiger partial charge on any atom is -0.299 e. The highest BCUT2D eigenvalue weighted by atomic mass is 16.1. The van der Waals surface area contributed by atoms with Crippen LogP contribution in [0.5, 0.6) is 0 Å². The summed E-state index contributed by atoms with van der Waals surface area (Å²) in [6.07, 6.45) is 8.81. The molecule has 6 atom stereocenters. The topological polar surface area (TPSA) is 34.1 Å². The van der Waals surface area contributed by atoms with E-state index in [9.17, 15) is 9.59 Å². The van der Waals surface area contributed by atoms with E-state index in [1.165, 1.54) is 11.1 Å². The molecule has 0 bridgehead atoms. The molecule has 2 heteroatoms. The van der Waals surface area contributed by atoms with Crippen molar-refractivity contribution in [1.82, 2.24) is 0 Å². The number of fused-ring (bicyclic) bond motifs is 5. The molecule has 4 aliphatic rings. The van der Waals surface area contributed by atoms with Crippen LogP contribution >= 0.6 is 0 Å². The predicted octanol–water partition coefficient (Wildman–Crippen LogP) is 4.50. The molecule has 0 N–H and O–H groups in total. The fraction of sp³-hybridized carbons (Fsp3) is 0.714. The zero-order valence-corrected chi connectivity index (χ0v) is 14.8. The summed E-state index contributed by atoms with van der Waals surface area (Å²) >= 11 is 0. The van der Waals surface area contributed by atoms with E-state index in [2.05, 4.69) is 27.7 Å². The Morgan fingerprint density at radius 3 is 2.57 bits per heavy atom. The van der Waals surface area contributed by atoms with Crippen LogP contribution in [0.3, 0.4) is 0 Å². The molecular weight excluding hydrogens is 284 g/mol. The summed E-state index contributed by atoms with van der Waals surface area (Å²) in [6.45, 7) is 9.09. The second-order valence-corrected chi connectivity index (χ2v) is 8.99. The van der Waals surface area contributed by atoms with Crippen molar-refractivity contribution in [3.8, 4) is 0 Å². The number of Topliss-reactive ketones (excluding diaryl/α,β-unsaturated/α-hetero) is 1. The Kier molecular flexibility index (Phi) is 3.12. The highest BCUT2D eigenvalue weighted by Crippen LogP contribution is 2.66. The maximum atomic E-state index is 12.5. The molecule has 0 aromatic carbocycles. The van der Waals surface area contributed by atoms with Crippen molar-refractivity contribution in [3.05, 3.63) is 23.3 Å². The van der Waals surface area contributed by atoms with E-state index in [0.717, 1.165) is 32.1 Å². The Hall–Kier alpha value is -1.18. The SMILES string of the molecule is CC1=CC(=O)C=C2C[C@@H](C)[C@@H]3[C@H](CC[C@]4(C)C(=O)CC[C@@H]34)[C@@]12C. The molecule has 0 spiro atoms. The lowest BCUT2D eigenvalue weighted by Gasteiger charge is -2.59. The first-order valence-electron chi connectivity index (χ1n) is 9.25. The van der Waals surface area contributed by atoms with Gasteiger partial charge in [0.2, 0.25) is 0 Å². The van der Waals surface area contributed by atoms with Gasteiger partial charge in [0.1, 0.15) is 5.78 Å². The van der Waals surface area contributed by atoms with Gasteiger partial charge >= 0.3 is 0 Å². The maximum absolute atomic E-state index is 12.5. The Bertz CT molecular complexity index is 655. The second kappa shape index (κ2) is 4.68. The Balaban J connectivity index is 1.80. The van der Waals surface area contributed by atoms with Gasteiger partial charge in [0.05, 0.1) is 0 Å². The maximum Gasteiger partial charge on any atom is 0.178 e. The van der Waals surface area contributed by atoms with E-state index in [0.29, 0.717) is 29.5 Å². The highest BCUT2D eigenvalue weighted by Gasteiger charge is 2.60. The summed E-state index contributed by atoms with van der Waals surface area (Å²) < 4.78 is 0. The summed E-state index contributed by atoms with van der Waals surface area (Å²) in [5, 5.41) is 0. The highest BCUT2D eigenvalue weighted by molar-refractivity contribution is 6.02. The van der Waals surface area contributed by atoms with Crippen LogP contribution in [0.1, 0.15) is 59.8 Å². The quantitative estimate of drug-likeness (QED) is 0.660. The molecule has 3 fully saturated rings. The number of carbonyl (C=O) groups excluding carboxylic acids is 2. The van der Waals surface area contributed by atoms with Crippen molar-refractivity contribution in [2.75, 3.05) is 0 Å². The van der Waals surface area contributed by atoms with Gasteiger partial charge in [-0.15, -0.1) is 0 Å². The number of carbonyl (C=O) groups is 2. The number of hydrogen-bond donors (Lipinski definition) is 0. The van der Waals surface area contributed by atoms with Crippen molar-refractivity contribution in [1.29, 1.82) is 0 Å². The molecule has 0 amide bonds. The van der Waals surface area contributed by atoms with Crippen molar-refractivity contribution in [2.24, 2.45) is 34.5 Å². The summed E-state index contributed by atoms with van der Waals surface area (Å²) in [4.78, 5) is 24.5. The molecule has 3 saturated carbocycles. The van der Waals surface area contributed by atoms with E-state index in [1.54, 1.807) is 0 Å². The first-order chi connectivity index (χ1) is 10.8. The average Bonchev–Trinajstić information content (AvgIpc) is 2.78. The molecule has 2 nitrogen and oxygen atoms in total.